The second-order valence-corrected chi connectivity index (χ2v) is 5.99. The Bertz CT molecular complexity index is 688. The van der Waals surface area contributed by atoms with Crippen LogP contribution in [-0.2, 0) is 47.7 Å². The van der Waals surface area contributed by atoms with Gasteiger partial charge in [-0.1, -0.05) is 0 Å². The maximum absolute atomic E-state index is 12.2. The fourth-order valence-electron chi connectivity index (χ4n) is 2.97. The van der Waals surface area contributed by atoms with Gasteiger partial charge in [-0.2, -0.15) is 0 Å². The van der Waals surface area contributed by atoms with Crippen LogP contribution in [0.5, 0.6) is 0 Å². The first-order valence-corrected chi connectivity index (χ1v) is 8.46. The normalized spacial score (nSPS) is 28.6. The lowest BCUT2D eigenvalue weighted by atomic mass is 9.87. The van der Waals surface area contributed by atoms with E-state index >= 15 is 0 Å². The van der Waals surface area contributed by atoms with E-state index in [1.807, 2.05) is 0 Å². The molecule has 2 rings (SSSR count). The van der Waals surface area contributed by atoms with E-state index < -0.39 is 60.1 Å². The van der Waals surface area contributed by atoms with Crippen LogP contribution in [0.1, 0.15) is 27.7 Å². The maximum atomic E-state index is 12.2. The number of hydrogen-bond donors (Lipinski definition) is 0. The van der Waals surface area contributed by atoms with Crippen LogP contribution in [0.4, 0.5) is 0 Å². The number of ether oxygens (including phenoxy) is 5. The Morgan fingerprint density at radius 3 is 2.14 bits per heavy atom. The number of nitrogens with zero attached hydrogens (tertiary/aromatic N) is 1. The number of esters is 4. The largest absolute Gasteiger partial charge is 0.463 e. The monoisotopic (exact) mass is 403 g/mol. The van der Waals surface area contributed by atoms with Gasteiger partial charge in [0, 0.05) is 20.8 Å². The molecule has 2 aliphatic heterocycles. The Hall–Kier alpha value is -2.89. The van der Waals surface area contributed by atoms with Crippen molar-refractivity contribution >= 4 is 29.6 Å². The molecule has 2 unspecified atom stereocenters. The molecule has 1 saturated heterocycles. The van der Waals surface area contributed by atoms with Crippen molar-refractivity contribution < 1.29 is 52.6 Å². The smallest absolute Gasteiger partial charge is 0.405 e. The lowest BCUT2D eigenvalue weighted by Crippen LogP contribution is -2.60. The van der Waals surface area contributed by atoms with Crippen LogP contribution in [0.2, 0.25) is 0 Å². The van der Waals surface area contributed by atoms with Crippen LogP contribution >= 0.6 is 0 Å². The third-order valence-corrected chi connectivity index (χ3v) is 3.90. The Morgan fingerprint density at radius 1 is 1.00 bits per heavy atom. The third-order valence-electron chi connectivity index (χ3n) is 3.90. The van der Waals surface area contributed by atoms with Crippen LogP contribution in [0, 0.1) is 11.1 Å². The summed E-state index contributed by atoms with van der Waals surface area (Å²) in [6.07, 6.45) is -5.07. The quantitative estimate of drug-likeness (QED) is 0.312. The van der Waals surface area contributed by atoms with Gasteiger partial charge in [0.25, 0.3) is 0 Å². The fraction of sp³-hybridized carbons (Fsp3) is 0.688. The number of carbonyl (C=O) groups excluding carboxylic acids is 4. The van der Waals surface area contributed by atoms with Gasteiger partial charge in [-0.25, -0.2) is 4.79 Å². The predicted octanol–water partition coefficient (Wildman–Crippen LogP) is -0.786. The van der Waals surface area contributed by atoms with Gasteiger partial charge in [0.05, 0.1) is 11.5 Å². The zero-order valence-corrected chi connectivity index (χ0v) is 15.7. The molecule has 0 bridgehead atoms. The summed E-state index contributed by atoms with van der Waals surface area (Å²) in [5.41, 5.74) is -0.499. The average molecular weight is 403 g/mol. The van der Waals surface area contributed by atoms with Gasteiger partial charge in [0.1, 0.15) is 18.6 Å². The number of carbonyl (C=O) groups is 4. The van der Waals surface area contributed by atoms with Crippen molar-refractivity contribution in [1.82, 2.24) is 0 Å². The van der Waals surface area contributed by atoms with Gasteiger partial charge >= 0.3 is 29.6 Å². The topological polar surface area (TPSA) is 150 Å². The van der Waals surface area contributed by atoms with E-state index in [-0.39, 0.29) is 18.1 Å². The SMILES string of the molecule is CCOC(=O)C1=[N+]([O-])OC2O[C@H](COC(C)=O)[C@@H](OC(C)=O)[C@H](OC(C)=O)C12. The molecule has 0 aromatic heterocycles. The van der Waals surface area contributed by atoms with E-state index in [2.05, 4.69) is 0 Å². The van der Waals surface area contributed by atoms with E-state index in [4.69, 9.17) is 28.5 Å². The van der Waals surface area contributed by atoms with E-state index in [9.17, 15) is 24.4 Å². The van der Waals surface area contributed by atoms with Crippen molar-refractivity contribution in [2.24, 2.45) is 5.92 Å². The number of rotatable bonds is 6. The maximum Gasteiger partial charge on any atom is 0.405 e. The molecule has 0 N–H and O–H groups in total. The molecule has 12 heteroatoms. The highest BCUT2D eigenvalue weighted by atomic mass is 16.9. The van der Waals surface area contributed by atoms with Crippen molar-refractivity contribution in [1.29, 1.82) is 0 Å². The average Bonchev–Trinajstić information content (AvgIpc) is 2.90. The summed E-state index contributed by atoms with van der Waals surface area (Å²) in [7, 11) is 0. The van der Waals surface area contributed by atoms with Crippen molar-refractivity contribution in [3.8, 4) is 0 Å². The summed E-state index contributed by atoms with van der Waals surface area (Å²) in [5, 5.41) is 12.1. The van der Waals surface area contributed by atoms with Crippen LogP contribution in [0.3, 0.4) is 0 Å². The van der Waals surface area contributed by atoms with Gasteiger partial charge in [0.15, 0.2) is 18.5 Å². The van der Waals surface area contributed by atoms with Gasteiger partial charge in [-0.3, -0.25) is 19.6 Å². The molecule has 0 aliphatic carbocycles. The first kappa shape index (κ1) is 21.4. The molecule has 28 heavy (non-hydrogen) atoms. The van der Waals surface area contributed by atoms with Crippen molar-refractivity contribution in [2.45, 2.75) is 52.3 Å². The molecule has 2 aliphatic rings. The lowest BCUT2D eigenvalue weighted by molar-refractivity contribution is -0.753. The Labute approximate surface area is 159 Å². The summed E-state index contributed by atoms with van der Waals surface area (Å²) in [5.74, 6) is -4.36. The molecular weight excluding hydrogens is 382 g/mol. The minimum absolute atomic E-state index is 0.0187. The van der Waals surface area contributed by atoms with E-state index in [1.165, 1.54) is 0 Å². The summed E-state index contributed by atoms with van der Waals surface area (Å²) in [6.45, 7) is 4.53. The zero-order chi connectivity index (χ0) is 21.0. The molecule has 5 atom stereocenters. The van der Waals surface area contributed by atoms with Gasteiger partial charge in [0.2, 0.25) is 0 Å². The predicted molar refractivity (Wildman–Crippen MR) is 86.2 cm³/mol. The first-order chi connectivity index (χ1) is 13.1. The fourth-order valence-corrected chi connectivity index (χ4v) is 2.97. The Morgan fingerprint density at radius 2 is 1.61 bits per heavy atom. The molecule has 0 aromatic rings. The van der Waals surface area contributed by atoms with Gasteiger partial charge in [-0.15, -0.1) is 0 Å². The minimum atomic E-state index is -1.35. The van der Waals surface area contributed by atoms with Crippen molar-refractivity contribution in [2.75, 3.05) is 13.2 Å². The molecule has 0 radical (unpaired) electrons. The van der Waals surface area contributed by atoms with Crippen molar-refractivity contribution in [3.05, 3.63) is 5.21 Å². The highest BCUT2D eigenvalue weighted by molar-refractivity contribution is 6.35. The summed E-state index contributed by atoms with van der Waals surface area (Å²) in [6, 6.07) is 0. The molecule has 0 spiro atoms. The molecule has 0 amide bonds. The second kappa shape index (κ2) is 8.87. The zero-order valence-electron chi connectivity index (χ0n) is 15.7. The highest BCUT2D eigenvalue weighted by Gasteiger charge is 2.60. The van der Waals surface area contributed by atoms with Crippen LogP contribution in [-0.4, -0.2) is 72.3 Å². The summed E-state index contributed by atoms with van der Waals surface area (Å²) >= 11 is 0. The second-order valence-electron chi connectivity index (χ2n) is 5.99. The molecular formula is C16H21NO11. The summed E-state index contributed by atoms with van der Waals surface area (Å²) in [4.78, 5) is 51.5. The number of fused-ring (bicyclic) bond motifs is 1. The van der Waals surface area contributed by atoms with E-state index in [1.54, 1.807) is 6.92 Å². The van der Waals surface area contributed by atoms with Crippen molar-refractivity contribution in [3.63, 3.8) is 0 Å². The molecule has 2 heterocycles. The minimum Gasteiger partial charge on any atom is -0.463 e. The molecule has 12 nitrogen and oxygen atoms in total. The Balaban J connectivity index is 2.42. The van der Waals surface area contributed by atoms with Gasteiger partial charge < -0.3 is 28.5 Å². The third kappa shape index (κ3) is 4.68. The van der Waals surface area contributed by atoms with Crippen LogP contribution < -0.4 is 0 Å². The molecule has 1 fully saturated rings. The molecule has 0 aromatic carbocycles. The summed E-state index contributed by atoms with van der Waals surface area (Å²) < 4.78 is 25.8. The van der Waals surface area contributed by atoms with Gasteiger partial charge in [-0.05, 0) is 6.92 Å². The standard InChI is InChI=1S/C16H21NO11/c1-5-23-15(21)12-11-14(26-9(4)20)13(25-8(3)19)10(6-24-7(2)18)27-16(11)28-17(12)22/h10-11,13-14,16H,5-6H2,1-4H3/t10-,11?,13-,14-,16?/m1/s1. The first-order valence-electron chi connectivity index (χ1n) is 8.46. The van der Waals surface area contributed by atoms with E-state index in [0.29, 0.717) is 0 Å². The molecule has 0 saturated carbocycles. The number of hydrogen-bond acceptors (Lipinski definition) is 11. The van der Waals surface area contributed by atoms with E-state index in [0.717, 1.165) is 20.8 Å². The lowest BCUT2D eigenvalue weighted by Gasteiger charge is -2.41. The molecule has 156 valence electrons. The Kier molecular flexibility index (Phi) is 6.78. The van der Waals surface area contributed by atoms with Crippen LogP contribution in [0.25, 0.3) is 0 Å². The van der Waals surface area contributed by atoms with Crippen LogP contribution in [0.15, 0.2) is 0 Å². The highest BCUT2D eigenvalue weighted by Crippen LogP contribution is 2.36.